The van der Waals surface area contributed by atoms with E-state index >= 15 is 0 Å². The molecular weight excluding hydrogens is 358 g/mol. The Balaban J connectivity index is 1.98. The second-order valence-corrected chi connectivity index (χ2v) is 5.65. The summed E-state index contributed by atoms with van der Waals surface area (Å²) in [6, 6.07) is 10.2. The zero-order valence-electron chi connectivity index (χ0n) is 10.5. The van der Waals surface area contributed by atoms with Crippen molar-refractivity contribution in [1.29, 1.82) is 0 Å². The minimum atomic E-state index is -0.321. The molecule has 106 valence electrons. The Morgan fingerprint density at radius 3 is 2.52 bits per heavy atom. The van der Waals surface area contributed by atoms with Crippen LogP contribution in [0, 0.1) is 0 Å². The molecule has 1 heterocycles. The molecule has 0 aliphatic heterocycles. The predicted octanol–water partition coefficient (Wildman–Crippen LogP) is 3.52. The molecule has 5 nitrogen and oxygen atoms in total. The number of benzene rings is 2. The molecule has 0 unspecified atom stereocenters. The number of fused-ring (bicyclic) bond motifs is 1. The van der Waals surface area contributed by atoms with E-state index in [0.717, 1.165) is 0 Å². The van der Waals surface area contributed by atoms with Crippen LogP contribution in [0.3, 0.4) is 0 Å². The summed E-state index contributed by atoms with van der Waals surface area (Å²) in [5.41, 5.74) is 1.89. The van der Waals surface area contributed by atoms with Crippen molar-refractivity contribution in [2.45, 2.75) is 0 Å². The Hall–Kier alpha value is -2.05. The van der Waals surface area contributed by atoms with Crippen LogP contribution in [0.1, 0.15) is 10.4 Å². The number of H-pyrrole nitrogens is 2. The van der Waals surface area contributed by atoms with Crippen LogP contribution in [0.4, 0.5) is 5.69 Å². The van der Waals surface area contributed by atoms with Crippen molar-refractivity contribution in [3.63, 3.8) is 0 Å². The molecule has 0 spiro atoms. The van der Waals surface area contributed by atoms with Gasteiger partial charge in [-0.25, -0.2) is 4.79 Å². The molecule has 1 amide bonds. The van der Waals surface area contributed by atoms with Gasteiger partial charge in [-0.15, -0.1) is 0 Å². The fourth-order valence-electron chi connectivity index (χ4n) is 1.99. The molecule has 0 aliphatic rings. The highest BCUT2D eigenvalue weighted by molar-refractivity contribution is 9.10. The highest BCUT2D eigenvalue weighted by Gasteiger charge is 2.12. The first-order chi connectivity index (χ1) is 10.0. The van der Waals surface area contributed by atoms with Crippen LogP contribution >= 0.6 is 27.5 Å². The summed E-state index contributed by atoms with van der Waals surface area (Å²) in [5.74, 6) is -0.321. The zero-order chi connectivity index (χ0) is 15.0. The van der Waals surface area contributed by atoms with Crippen LogP contribution in [0.15, 0.2) is 45.7 Å². The van der Waals surface area contributed by atoms with Crippen molar-refractivity contribution in [2.75, 3.05) is 5.32 Å². The summed E-state index contributed by atoms with van der Waals surface area (Å²) in [7, 11) is 0. The Labute approximate surface area is 132 Å². The summed E-state index contributed by atoms with van der Waals surface area (Å²) in [4.78, 5) is 28.8. The van der Waals surface area contributed by atoms with Gasteiger partial charge in [-0.05, 0) is 40.2 Å². The van der Waals surface area contributed by atoms with E-state index < -0.39 is 0 Å². The summed E-state index contributed by atoms with van der Waals surface area (Å²) in [6.07, 6.45) is 0. The van der Waals surface area contributed by atoms with Crippen molar-refractivity contribution in [1.82, 2.24) is 9.97 Å². The van der Waals surface area contributed by atoms with E-state index in [4.69, 9.17) is 11.6 Å². The van der Waals surface area contributed by atoms with E-state index in [2.05, 4.69) is 31.2 Å². The third-order valence-corrected chi connectivity index (χ3v) is 3.96. The third kappa shape index (κ3) is 2.72. The quantitative estimate of drug-likeness (QED) is 0.649. The fraction of sp³-hybridized carbons (Fsp3) is 0. The van der Waals surface area contributed by atoms with E-state index in [-0.39, 0.29) is 11.6 Å². The highest BCUT2D eigenvalue weighted by Crippen LogP contribution is 2.27. The van der Waals surface area contributed by atoms with Gasteiger partial charge in [0.25, 0.3) is 5.91 Å². The number of carbonyl (C=O) groups is 1. The van der Waals surface area contributed by atoms with Gasteiger partial charge in [0.1, 0.15) is 0 Å². The molecule has 7 heteroatoms. The SMILES string of the molecule is O=C(Nc1cc2[nH]c(=O)[nH]c2cc1Br)c1ccccc1Cl. The van der Waals surface area contributed by atoms with Gasteiger partial charge in [0.2, 0.25) is 0 Å². The van der Waals surface area contributed by atoms with Crippen molar-refractivity contribution < 1.29 is 4.79 Å². The lowest BCUT2D eigenvalue weighted by Crippen LogP contribution is -2.12. The number of hydrogen-bond donors (Lipinski definition) is 3. The van der Waals surface area contributed by atoms with Gasteiger partial charge in [-0.1, -0.05) is 23.7 Å². The van der Waals surface area contributed by atoms with Gasteiger partial charge in [-0.2, -0.15) is 0 Å². The second kappa shape index (κ2) is 5.38. The molecule has 2 aromatic carbocycles. The van der Waals surface area contributed by atoms with Crippen LogP contribution in [0.5, 0.6) is 0 Å². The smallest absolute Gasteiger partial charge is 0.321 e. The minimum Gasteiger partial charge on any atom is -0.321 e. The monoisotopic (exact) mass is 365 g/mol. The maximum absolute atomic E-state index is 12.2. The first-order valence-electron chi connectivity index (χ1n) is 6.02. The molecule has 21 heavy (non-hydrogen) atoms. The average molecular weight is 367 g/mol. The Bertz CT molecular complexity index is 901. The van der Waals surface area contributed by atoms with Gasteiger partial charge < -0.3 is 15.3 Å². The van der Waals surface area contributed by atoms with E-state index in [1.54, 1.807) is 36.4 Å². The zero-order valence-corrected chi connectivity index (χ0v) is 12.9. The number of anilines is 1. The van der Waals surface area contributed by atoms with E-state index in [9.17, 15) is 9.59 Å². The maximum Gasteiger partial charge on any atom is 0.323 e. The molecule has 3 rings (SSSR count). The molecule has 0 aliphatic carbocycles. The van der Waals surface area contributed by atoms with Gasteiger partial charge in [0.05, 0.1) is 27.3 Å². The van der Waals surface area contributed by atoms with Crippen molar-refractivity contribution >= 4 is 50.2 Å². The number of aromatic nitrogens is 2. The maximum atomic E-state index is 12.2. The van der Waals surface area contributed by atoms with Crippen LogP contribution < -0.4 is 11.0 Å². The predicted molar refractivity (Wildman–Crippen MR) is 86.0 cm³/mol. The molecule has 3 aromatic rings. The molecular formula is C14H9BrClN3O2. The standard InChI is InChI=1S/C14H9BrClN3O2/c15-8-5-11-12(19-14(21)18-11)6-10(8)17-13(20)7-3-1-2-4-9(7)16/h1-6H,(H,17,20)(H2,18,19,21). The van der Waals surface area contributed by atoms with E-state index in [1.165, 1.54) is 0 Å². The number of halogens is 2. The molecule has 0 radical (unpaired) electrons. The summed E-state index contributed by atoms with van der Waals surface area (Å²) < 4.78 is 0.658. The number of imidazole rings is 1. The lowest BCUT2D eigenvalue weighted by atomic mass is 10.2. The Morgan fingerprint density at radius 2 is 1.81 bits per heavy atom. The summed E-state index contributed by atoms with van der Waals surface area (Å²) in [5, 5.41) is 3.14. The number of carbonyl (C=O) groups excluding carboxylic acids is 1. The fourth-order valence-corrected chi connectivity index (χ4v) is 2.65. The van der Waals surface area contributed by atoms with Crippen molar-refractivity contribution in [3.8, 4) is 0 Å². The lowest BCUT2D eigenvalue weighted by Gasteiger charge is -2.08. The van der Waals surface area contributed by atoms with Crippen LogP contribution in [-0.4, -0.2) is 15.9 Å². The summed E-state index contributed by atoms with van der Waals surface area (Å²) in [6.45, 7) is 0. The number of hydrogen-bond acceptors (Lipinski definition) is 2. The van der Waals surface area contributed by atoms with Crippen molar-refractivity contribution in [3.05, 3.63) is 61.9 Å². The Morgan fingerprint density at radius 1 is 1.14 bits per heavy atom. The molecule has 1 aromatic heterocycles. The molecule has 0 saturated carbocycles. The number of rotatable bonds is 2. The van der Waals surface area contributed by atoms with Crippen molar-refractivity contribution in [2.24, 2.45) is 0 Å². The molecule has 0 bridgehead atoms. The van der Waals surface area contributed by atoms with Gasteiger partial charge in [0, 0.05) is 4.47 Å². The second-order valence-electron chi connectivity index (χ2n) is 4.39. The first-order valence-corrected chi connectivity index (χ1v) is 7.19. The highest BCUT2D eigenvalue weighted by atomic mass is 79.9. The lowest BCUT2D eigenvalue weighted by molar-refractivity contribution is 0.102. The average Bonchev–Trinajstić information content (AvgIpc) is 2.78. The topological polar surface area (TPSA) is 77.8 Å². The van der Waals surface area contributed by atoms with E-state index in [1.807, 2.05) is 0 Å². The minimum absolute atomic E-state index is 0.300. The van der Waals surface area contributed by atoms with E-state index in [0.29, 0.717) is 31.8 Å². The van der Waals surface area contributed by atoms with Gasteiger partial charge >= 0.3 is 5.69 Å². The molecule has 0 fully saturated rings. The third-order valence-electron chi connectivity index (χ3n) is 2.97. The largest absolute Gasteiger partial charge is 0.323 e. The first kappa shape index (κ1) is 13.9. The number of nitrogens with one attached hydrogen (secondary N) is 3. The van der Waals surface area contributed by atoms with Gasteiger partial charge in [-0.3, -0.25) is 4.79 Å². The van der Waals surface area contributed by atoms with Crippen LogP contribution in [-0.2, 0) is 0 Å². The number of aromatic amines is 2. The molecule has 0 atom stereocenters. The molecule has 0 saturated heterocycles. The van der Waals surface area contributed by atoms with Crippen LogP contribution in [0.2, 0.25) is 5.02 Å². The summed E-state index contributed by atoms with van der Waals surface area (Å²) >= 11 is 9.36. The number of amides is 1. The molecule has 3 N–H and O–H groups in total. The Kier molecular flexibility index (Phi) is 3.57. The van der Waals surface area contributed by atoms with Gasteiger partial charge in [0.15, 0.2) is 0 Å². The normalized spacial score (nSPS) is 10.8. The van der Waals surface area contributed by atoms with Crippen LogP contribution in [0.25, 0.3) is 11.0 Å².